The van der Waals surface area contributed by atoms with E-state index in [0.717, 1.165) is 5.56 Å². The van der Waals surface area contributed by atoms with Gasteiger partial charge in [-0.15, -0.1) is 0 Å². The van der Waals surface area contributed by atoms with Gasteiger partial charge in [0.2, 0.25) is 24.5 Å². The Morgan fingerprint density at radius 2 is 1.75 bits per heavy atom. The Labute approximate surface area is 232 Å². The van der Waals surface area contributed by atoms with Crippen LogP contribution in [0.5, 0.6) is 17.2 Å². The normalized spacial score (nSPS) is 12.9. The van der Waals surface area contributed by atoms with Gasteiger partial charge in [0.25, 0.3) is 0 Å². The zero-order valence-corrected chi connectivity index (χ0v) is 23.3. The fraction of sp³-hybridized carbons (Fsp3) is 0.379. The van der Waals surface area contributed by atoms with Gasteiger partial charge in [0.05, 0.1) is 7.11 Å². The largest absolute Gasteiger partial charge is 0.497 e. The third-order valence-electron chi connectivity index (χ3n) is 6.06. The number of aryl methyl sites for hydroxylation is 1. The first-order valence-corrected chi connectivity index (χ1v) is 12.9. The smallest absolute Gasteiger partial charge is 0.247 e. The van der Waals surface area contributed by atoms with Crippen molar-refractivity contribution >= 4 is 23.5 Å². The number of benzene rings is 2. The summed E-state index contributed by atoms with van der Waals surface area (Å²) >= 11 is 0. The maximum atomic E-state index is 13.8. The first-order chi connectivity index (χ1) is 19.0. The molecule has 1 aliphatic rings. The van der Waals surface area contributed by atoms with E-state index in [1.807, 2.05) is 26.8 Å². The number of fused-ring (bicyclic) bond motifs is 1. The van der Waals surface area contributed by atoms with E-state index in [4.69, 9.17) is 18.7 Å². The third kappa shape index (κ3) is 7.31. The van der Waals surface area contributed by atoms with Gasteiger partial charge in [-0.1, -0.05) is 23.4 Å². The quantitative estimate of drug-likeness (QED) is 0.385. The van der Waals surface area contributed by atoms with Gasteiger partial charge in [-0.25, -0.2) is 0 Å². The molecule has 11 nitrogen and oxygen atoms in total. The van der Waals surface area contributed by atoms with Gasteiger partial charge in [0, 0.05) is 31.0 Å². The van der Waals surface area contributed by atoms with E-state index < -0.39 is 17.5 Å². The van der Waals surface area contributed by atoms with Gasteiger partial charge in [0.15, 0.2) is 17.3 Å². The summed E-state index contributed by atoms with van der Waals surface area (Å²) in [5.41, 5.74) is 0.784. The summed E-state index contributed by atoms with van der Waals surface area (Å²) in [7, 11) is 1.56. The molecule has 1 atom stereocenters. The van der Waals surface area contributed by atoms with Crippen molar-refractivity contribution in [2.45, 2.75) is 58.7 Å². The zero-order valence-electron chi connectivity index (χ0n) is 23.3. The highest BCUT2D eigenvalue weighted by Crippen LogP contribution is 2.34. The number of amides is 3. The van der Waals surface area contributed by atoms with Gasteiger partial charge in [-0.2, -0.15) is 0 Å². The summed E-state index contributed by atoms with van der Waals surface area (Å²) in [4.78, 5) is 41.6. The Morgan fingerprint density at radius 3 is 2.40 bits per heavy atom. The zero-order chi connectivity index (χ0) is 28.9. The molecule has 3 aromatic rings. The van der Waals surface area contributed by atoms with Gasteiger partial charge in [0.1, 0.15) is 17.6 Å². The summed E-state index contributed by atoms with van der Waals surface area (Å²) in [6.45, 7) is 7.53. The second-order valence-electron chi connectivity index (χ2n) is 10.5. The van der Waals surface area contributed by atoms with Crippen molar-refractivity contribution in [1.29, 1.82) is 0 Å². The Bertz CT molecular complexity index is 1360. The summed E-state index contributed by atoms with van der Waals surface area (Å²) < 4.78 is 21.2. The number of hydrogen-bond donors (Lipinski definition) is 2. The third-order valence-corrected chi connectivity index (χ3v) is 6.06. The highest BCUT2D eigenvalue weighted by atomic mass is 16.7. The van der Waals surface area contributed by atoms with E-state index in [1.165, 1.54) is 4.90 Å². The molecule has 1 aromatic heterocycles. The number of aromatic nitrogens is 1. The van der Waals surface area contributed by atoms with Crippen LogP contribution in [0.1, 0.15) is 56.5 Å². The Morgan fingerprint density at radius 1 is 1.02 bits per heavy atom. The van der Waals surface area contributed by atoms with Crippen molar-refractivity contribution in [3.8, 4) is 17.2 Å². The van der Waals surface area contributed by atoms with Crippen LogP contribution in [0, 0.1) is 6.92 Å². The van der Waals surface area contributed by atoms with E-state index in [-0.39, 0.29) is 43.8 Å². The first kappa shape index (κ1) is 28.5. The number of nitrogens with zero attached hydrogens (tertiary/aromatic N) is 2. The summed E-state index contributed by atoms with van der Waals surface area (Å²) in [5.74, 6) is 1.48. The molecule has 2 aromatic carbocycles. The molecule has 1 aliphatic heterocycles. The Hall–Kier alpha value is -4.54. The lowest BCUT2D eigenvalue weighted by molar-refractivity contribution is -0.142. The lowest BCUT2D eigenvalue weighted by Crippen LogP contribution is -2.49. The van der Waals surface area contributed by atoms with Gasteiger partial charge >= 0.3 is 0 Å². The molecule has 0 radical (unpaired) electrons. The van der Waals surface area contributed by atoms with Crippen LogP contribution in [0.25, 0.3) is 0 Å². The van der Waals surface area contributed by atoms with Crippen LogP contribution < -0.4 is 24.8 Å². The number of rotatable bonds is 10. The van der Waals surface area contributed by atoms with Gasteiger partial charge in [-0.05, 0) is 63.1 Å². The molecule has 0 saturated heterocycles. The van der Waals surface area contributed by atoms with Gasteiger partial charge in [-0.3, -0.25) is 14.4 Å². The van der Waals surface area contributed by atoms with Crippen LogP contribution in [0.2, 0.25) is 0 Å². The SMILES string of the molecule is COc1ccc([C@H](C(=O)NC(C)(C)C)N(Cc2ccc3c(c2)OCO3)C(=O)CCC(=O)Nc2cc(C)on2)cc1. The molecule has 0 unspecified atom stereocenters. The van der Waals surface area contributed by atoms with Crippen LogP contribution >= 0.6 is 0 Å². The monoisotopic (exact) mass is 550 g/mol. The fourth-order valence-electron chi connectivity index (χ4n) is 4.25. The maximum Gasteiger partial charge on any atom is 0.247 e. The minimum absolute atomic E-state index is 0.0911. The minimum atomic E-state index is -0.982. The molecular formula is C29H34N4O7. The summed E-state index contributed by atoms with van der Waals surface area (Å²) in [6.07, 6.45) is -0.249. The summed E-state index contributed by atoms with van der Waals surface area (Å²) in [5, 5.41) is 9.38. The minimum Gasteiger partial charge on any atom is -0.497 e. The number of carbonyl (C=O) groups excluding carboxylic acids is 3. The van der Waals surface area contributed by atoms with Crippen LogP contribution in [-0.2, 0) is 20.9 Å². The molecule has 4 rings (SSSR count). The van der Waals surface area contributed by atoms with Gasteiger partial charge < -0.3 is 34.3 Å². The molecule has 2 N–H and O–H groups in total. The van der Waals surface area contributed by atoms with Crippen LogP contribution in [0.15, 0.2) is 53.1 Å². The van der Waals surface area contributed by atoms with Crippen LogP contribution in [0.3, 0.4) is 0 Å². The average molecular weight is 551 g/mol. The molecule has 0 bridgehead atoms. The second kappa shape index (κ2) is 12.1. The lowest BCUT2D eigenvalue weighted by atomic mass is 10.00. The van der Waals surface area contributed by atoms with E-state index in [2.05, 4.69) is 15.8 Å². The molecule has 212 valence electrons. The number of carbonyl (C=O) groups is 3. The number of nitrogens with one attached hydrogen (secondary N) is 2. The molecule has 0 saturated carbocycles. The van der Waals surface area contributed by atoms with Crippen molar-refractivity contribution in [1.82, 2.24) is 15.4 Å². The number of methoxy groups -OCH3 is 1. The number of anilines is 1. The maximum absolute atomic E-state index is 13.8. The first-order valence-electron chi connectivity index (χ1n) is 12.9. The highest BCUT2D eigenvalue weighted by molar-refractivity contribution is 5.94. The van der Waals surface area contributed by atoms with Crippen molar-refractivity contribution in [3.05, 3.63) is 65.4 Å². The number of ether oxygens (including phenoxy) is 3. The highest BCUT2D eigenvalue weighted by Gasteiger charge is 2.34. The molecule has 40 heavy (non-hydrogen) atoms. The summed E-state index contributed by atoms with van der Waals surface area (Å²) in [6, 6.07) is 13.0. The predicted octanol–water partition coefficient (Wildman–Crippen LogP) is 4.12. The van der Waals surface area contributed by atoms with Crippen molar-refractivity contribution in [2.24, 2.45) is 0 Å². The predicted molar refractivity (Wildman–Crippen MR) is 146 cm³/mol. The van der Waals surface area contributed by atoms with E-state index >= 15 is 0 Å². The van der Waals surface area contributed by atoms with Crippen molar-refractivity contribution in [3.63, 3.8) is 0 Å². The second-order valence-corrected chi connectivity index (χ2v) is 10.5. The van der Waals surface area contributed by atoms with Crippen LogP contribution in [-0.4, -0.2) is 47.2 Å². The molecule has 2 heterocycles. The molecule has 0 aliphatic carbocycles. The molecule has 0 fully saturated rings. The average Bonchev–Trinajstić information content (AvgIpc) is 3.54. The fourth-order valence-corrected chi connectivity index (χ4v) is 4.25. The van der Waals surface area contributed by atoms with E-state index in [0.29, 0.717) is 28.6 Å². The topological polar surface area (TPSA) is 132 Å². The van der Waals surface area contributed by atoms with Crippen molar-refractivity contribution < 1.29 is 33.1 Å². The lowest BCUT2D eigenvalue weighted by Gasteiger charge is -2.34. The molecule has 11 heteroatoms. The Balaban J connectivity index is 1.64. The van der Waals surface area contributed by atoms with E-state index in [9.17, 15) is 14.4 Å². The van der Waals surface area contributed by atoms with E-state index in [1.54, 1.807) is 56.5 Å². The van der Waals surface area contributed by atoms with Crippen molar-refractivity contribution in [2.75, 3.05) is 19.2 Å². The number of hydrogen-bond acceptors (Lipinski definition) is 8. The van der Waals surface area contributed by atoms with Crippen LogP contribution in [0.4, 0.5) is 5.82 Å². The molecular weight excluding hydrogens is 516 g/mol. The standard InChI is InChI=1S/C29H34N4O7/c1-18-14-24(32-40-18)30-25(34)12-13-26(35)33(16-19-6-11-22-23(15-19)39-17-38-22)27(28(36)31-29(2,3)4)20-7-9-21(37-5)10-8-20/h6-11,14-15,27H,12-13,16-17H2,1-5H3,(H,31,36)(H,30,32,34)/t27-/m1/s1. The Kier molecular flexibility index (Phi) is 8.61. The molecule has 0 spiro atoms. The molecule has 3 amide bonds.